The fourth-order valence-corrected chi connectivity index (χ4v) is 1.61. The summed E-state index contributed by atoms with van der Waals surface area (Å²) in [5.74, 6) is -0.954. The predicted molar refractivity (Wildman–Crippen MR) is 79.6 cm³/mol. The maximum Gasteiger partial charge on any atom is 0.335 e. The van der Waals surface area contributed by atoms with Crippen molar-refractivity contribution in [2.45, 2.75) is 25.9 Å². The second-order valence-electron chi connectivity index (χ2n) is 5.33. The van der Waals surface area contributed by atoms with Gasteiger partial charge in [-0.1, -0.05) is 12.1 Å². The van der Waals surface area contributed by atoms with E-state index in [0.717, 1.165) is 5.56 Å². The van der Waals surface area contributed by atoms with Gasteiger partial charge >= 0.3 is 12.0 Å². The summed E-state index contributed by atoms with van der Waals surface area (Å²) in [6, 6.07) is 6.41. The number of hydrogen-bond acceptors (Lipinski definition) is 3. The van der Waals surface area contributed by atoms with Gasteiger partial charge in [-0.3, -0.25) is 0 Å². The summed E-state index contributed by atoms with van der Waals surface area (Å²) in [5.41, 5.74) is 0.707. The van der Waals surface area contributed by atoms with Gasteiger partial charge in [-0.15, -0.1) is 0 Å². The van der Waals surface area contributed by atoms with Crippen LogP contribution in [0.4, 0.5) is 4.79 Å². The predicted octanol–water partition coefficient (Wildman–Crippen LogP) is 1.65. The molecule has 21 heavy (non-hydrogen) atoms. The fourth-order valence-electron chi connectivity index (χ4n) is 1.61. The Morgan fingerprint density at radius 1 is 1.29 bits per heavy atom. The molecule has 0 unspecified atom stereocenters. The third kappa shape index (κ3) is 6.27. The second kappa shape index (κ2) is 7.64. The molecule has 0 heterocycles. The van der Waals surface area contributed by atoms with Gasteiger partial charge in [0.15, 0.2) is 0 Å². The summed E-state index contributed by atoms with van der Waals surface area (Å²) in [4.78, 5) is 22.5. The van der Waals surface area contributed by atoms with Gasteiger partial charge in [0.1, 0.15) is 0 Å². The van der Waals surface area contributed by atoms with Crippen LogP contribution in [0.5, 0.6) is 0 Å². The normalized spacial score (nSPS) is 11.0. The molecule has 0 fully saturated rings. The molecule has 0 aliphatic rings. The highest BCUT2D eigenvalue weighted by molar-refractivity contribution is 5.87. The number of carbonyl (C=O) groups is 2. The number of ether oxygens (including phenoxy) is 1. The van der Waals surface area contributed by atoms with Crippen molar-refractivity contribution in [3.8, 4) is 0 Å². The molecule has 0 aromatic heterocycles. The molecule has 1 aromatic rings. The van der Waals surface area contributed by atoms with E-state index in [9.17, 15) is 9.59 Å². The number of nitrogens with one attached hydrogen (secondary N) is 2. The maximum atomic E-state index is 11.6. The highest BCUT2D eigenvalue weighted by atomic mass is 16.5. The van der Waals surface area contributed by atoms with E-state index in [1.807, 2.05) is 19.9 Å². The zero-order valence-electron chi connectivity index (χ0n) is 12.6. The smallest absolute Gasteiger partial charge is 0.335 e. The minimum Gasteiger partial charge on any atom is -0.478 e. The zero-order valence-corrected chi connectivity index (χ0v) is 12.6. The molecule has 0 atom stereocenters. The quantitative estimate of drug-likeness (QED) is 0.713. The molecule has 0 aliphatic heterocycles. The van der Waals surface area contributed by atoms with E-state index in [-0.39, 0.29) is 11.6 Å². The van der Waals surface area contributed by atoms with Crippen LogP contribution in [0.1, 0.15) is 29.8 Å². The first-order valence-electron chi connectivity index (χ1n) is 6.73. The van der Waals surface area contributed by atoms with Gasteiger partial charge < -0.3 is 20.5 Å². The molecule has 116 valence electrons. The minimum absolute atomic E-state index is 0.249. The van der Waals surface area contributed by atoms with Gasteiger partial charge in [0, 0.05) is 20.2 Å². The number of hydrogen-bond donors (Lipinski definition) is 3. The first-order valence-corrected chi connectivity index (χ1v) is 6.73. The van der Waals surface area contributed by atoms with Crippen molar-refractivity contribution in [2.24, 2.45) is 0 Å². The number of urea groups is 1. The Bertz CT molecular complexity index is 500. The van der Waals surface area contributed by atoms with Crippen LogP contribution in [-0.2, 0) is 11.2 Å². The molecule has 0 bridgehead atoms. The van der Waals surface area contributed by atoms with Crippen molar-refractivity contribution in [3.05, 3.63) is 35.4 Å². The Morgan fingerprint density at radius 3 is 2.62 bits per heavy atom. The fraction of sp³-hybridized carbons (Fsp3) is 0.467. The summed E-state index contributed by atoms with van der Waals surface area (Å²) >= 11 is 0. The highest BCUT2D eigenvalue weighted by Crippen LogP contribution is 2.06. The van der Waals surface area contributed by atoms with Gasteiger partial charge in [0.2, 0.25) is 0 Å². The van der Waals surface area contributed by atoms with E-state index in [1.165, 1.54) is 0 Å². The van der Waals surface area contributed by atoms with Crippen LogP contribution in [0.25, 0.3) is 0 Å². The van der Waals surface area contributed by atoms with E-state index >= 15 is 0 Å². The van der Waals surface area contributed by atoms with Crippen LogP contribution in [-0.4, -0.2) is 42.9 Å². The molecule has 1 aromatic carbocycles. The van der Waals surface area contributed by atoms with Crippen molar-refractivity contribution in [2.75, 3.05) is 20.2 Å². The van der Waals surface area contributed by atoms with E-state index in [4.69, 9.17) is 9.84 Å². The lowest BCUT2D eigenvalue weighted by Crippen LogP contribution is -2.44. The summed E-state index contributed by atoms with van der Waals surface area (Å²) in [6.45, 7) is 4.60. The van der Waals surface area contributed by atoms with Crippen molar-refractivity contribution >= 4 is 12.0 Å². The molecular weight excluding hydrogens is 272 g/mol. The van der Waals surface area contributed by atoms with Gasteiger partial charge in [0.25, 0.3) is 0 Å². The van der Waals surface area contributed by atoms with Gasteiger partial charge in [-0.2, -0.15) is 0 Å². The van der Waals surface area contributed by atoms with E-state index in [1.54, 1.807) is 25.3 Å². The number of rotatable bonds is 7. The molecule has 6 heteroatoms. The number of benzene rings is 1. The molecule has 6 nitrogen and oxygen atoms in total. The van der Waals surface area contributed by atoms with E-state index < -0.39 is 11.6 Å². The van der Waals surface area contributed by atoms with E-state index in [2.05, 4.69) is 10.6 Å². The summed E-state index contributed by atoms with van der Waals surface area (Å²) in [7, 11) is 1.59. The van der Waals surface area contributed by atoms with Crippen LogP contribution >= 0.6 is 0 Å². The largest absolute Gasteiger partial charge is 0.478 e. The average molecular weight is 294 g/mol. The van der Waals surface area contributed by atoms with Crippen LogP contribution in [0.2, 0.25) is 0 Å². The third-order valence-electron chi connectivity index (χ3n) is 3.10. The Balaban J connectivity index is 2.35. The topological polar surface area (TPSA) is 87.7 Å². The van der Waals surface area contributed by atoms with Gasteiger partial charge in [-0.25, -0.2) is 9.59 Å². The number of methoxy groups -OCH3 is 1. The van der Waals surface area contributed by atoms with Crippen LogP contribution in [0.3, 0.4) is 0 Å². The van der Waals surface area contributed by atoms with Gasteiger partial charge in [0.05, 0.1) is 11.2 Å². The van der Waals surface area contributed by atoms with Crippen molar-refractivity contribution in [1.29, 1.82) is 0 Å². The third-order valence-corrected chi connectivity index (χ3v) is 3.10. The Morgan fingerprint density at radius 2 is 2.00 bits per heavy atom. The van der Waals surface area contributed by atoms with E-state index in [0.29, 0.717) is 19.5 Å². The zero-order chi connectivity index (χ0) is 15.9. The lowest BCUT2D eigenvalue weighted by atomic mass is 10.1. The number of carboxylic acids is 1. The van der Waals surface area contributed by atoms with Crippen LogP contribution in [0, 0.1) is 0 Å². The second-order valence-corrected chi connectivity index (χ2v) is 5.33. The number of amides is 2. The molecule has 3 N–H and O–H groups in total. The maximum absolute atomic E-state index is 11.6. The van der Waals surface area contributed by atoms with Crippen LogP contribution in [0.15, 0.2) is 24.3 Å². The summed E-state index contributed by atoms with van der Waals surface area (Å²) < 4.78 is 5.20. The van der Waals surface area contributed by atoms with Crippen LogP contribution < -0.4 is 10.6 Å². The standard InChI is InChI=1S/C15H22N2O4/c1-15(2,21-3)10-17-14(20)16-8-7-11-5-4-6-12(9-11)13(18)19/h4-6,9H,7-8,10H2,1-3H3,(H,18,19)(H2,16,17,20). The lowest BCUT2D eigenvalue weighted by molar-refractivity contribution is 0.0254. The average Bonchev–Trinajstić information content (AvgIpc) is 2.45. The molecular formula is C15H22N2O4. The molecule has 0 aliphatic carbocycles. The molecule has 0 saturated carbocycles. The SMILES string of the molecule is COC(C)(C)CNC(=O)NCCc1cccc(C(=O)O)c1. The lowest BCUT2D eigenvalue weighted by Gasteiger charge is -2.23. The molecule has 0 saturated heterocycles. The molecule has 0 spiro atoms. The minimum atomic E-state index is -0.954. The summed E-state index contributed by atoms with van der Waals surface area (Å²) in [6.07, 6.45) is 0.572. The van der Waals surface area contributed by atoms with Gasteiger partial charge in [-0.05, 0) is 38.0 Å². The van der Waals surface area contributed by atoms with Crippen molar-refractivity contribution < 1.29 is 19.4 Å². The summed E-state index contributed by atoms with van der Waals surface area (Å²) in [5, 5.41) is 14.3. The molecule has 1 rings (SSSR count). The highest BCUT2D eigenvalue weighted by Gasteiger charge is 2.16. The number of carbonyl (C=O) groups excluding carboxylic acids is 1. The van der Waals surface area contributed by atoms with Crippen molar-refractivity contribution in [3.63, 3.8) is 0 Å². The Labute approximate surface area is 124 Å². The first-order chi connectivity index (χ1) is 9.84. The first kappa shape index (κ1) is 17.0. The van der Waals surface area contributed by atoms with Crippen molar-refractivity contribution in [1.82, 2.24) is 10.6 Å². The monoisotopic (exact) mass is 294 g/mol. The molecule has 0 radical (unpaired) electrons. The Hall–Kier alpha value is -2.08. The number of aromatic carboxylic acids is 1. The number of carboxylic acid groups (broad SMARTS) is 1. The molecule has 2 amide bonds. The Kier molecular flexibility index (Phi) is 6.17.